The van der Waals surface area contributed by atoms with Gasteiger partial charge in [0.05, 0.1) is 17.5 Å². The third-order valence-electron chi connectivity index (χ3n) is 19.8. The van der Waals surface area contributed by atoms with E-state index in [1.165, 1.54) is 147 Å². The summed E-state index contributed by atoms with van der Waals surface area (Å²) in [5.74, 6) is 2.11. The number of nitrogens with zero attached hydrogens (tertiary/aromatic N) is 11. The third-order valence-corrected chi connectivity index (χ3v) is 21.4. The minimum Gasteiger partial charge on any atom is -0.630 e. The van der Waals surface area contributed by atoms with Gasteiger partial charge in [0.2, 0.25) is 0 Å². The zero-order valence-electron chi connectivity index (χ0n) is 52.5. The molecule has 4 fully saturated rings. The number of hydrogen-bond acceptors (Lipinski definition) is 11. The summed E-state index contributed by atoms with van der Waals surface area (Å²) in [4.78, 5) is 8.79. The zero-order chi connectivity index (χ0) is 60.9. The molecule has 92 heavy (non-hydrogen) atoms. The molecule has 13 nitrogen and oxygen atoms in total. The Morgan fingerprint density at radius 2 is 1.39 bits per heavy atom. The van der Waals surface area contributed by atoms with Crippen molar-refractivity contribution in [3.05, 3.63) is 162 Å². The van der Waals surface area contributed by atoms with Crippen molar-refractivity contribution in [2.75, 3.05) is 0 Å². The van der Waals surface area contributed by atoms with Gasteiger partial charge >= 0.3 is 6.18 Å². The fourth-order valence-electron chi connectivity index (χ4n) is 14.3. The molecule has 4 aliphatic carbocycles. The molecular weight excluding hydrogens is 1700 g/mol. The number of rotatable bonds is 13. The van der Waals surface area contributed by atoms with Crippen LogP contribution in [0.3, 0.4) is 0 Å². The Labute approximate surface area is 596 Å². The van der Waals surface area contributed by atoms with Gasteiger partial charge in [-0.2, -0.15) is 39.6 Å². The Kier molecular flexibility index (Phi) is 25.3. The second-order valence-electron chi connectivity index (χ2n) is 26.2. The summed E-state index contributed by atoms with van der Waals surface area (Å²) in [7, 11) is 0. The standard InChI is InChI=1S/C23H23N2S.C18H20N3O.C15H20N3O.C14H15F3N3S.Ir.Ni.Pt.Rh/c1-16(23(2)11-5-6-12-23)17-9-10-19-21(15-26-22(19)13-17)25-20-8-4-3-7-18(20)14-24-25;1-18(8-3-2-4-9-18)13-17-20-15-7-6-14(12-16(15)22-17)21-11-5-10-19-21;1-2-15(7-4-3-5-8-15)10-13-6-9-17-18(13)14-11-19-12-16-14;1-13(5-2-3-6-13)9-10-4-7-18-20(10)12-8-11(19-21-12)14(15,16)17;;;;/h3-4,7-10,13-14,16H,5-6,11-12H2,1-2H3;5,7,10-12H,2-4,8-9,13H2,1H3;6,9,12H,2-5,7-8,10H2,1H3;4,7H,2-3,5-6,9H2,1H3;;;;/q4*-1;;;;. The molecule has 1 atom stereocenters. The van der Waals surface area contributed by atoms with E-state index in [-0.39, 0.29) is 82.6 Å². The van der Waals surface area contributed by atoms with Crippen molar-refractivity contribution in [2.45, 2.75) is 188 Å². The van der Waals surface area contributed by atoms with E-state index >= 15 is 0 Å². The number of halogens is 3. The summed E-state index contributed by atoms with van der Waals surface area (Å²) in [5.41, 5.74) is 8.87. The van der Waals surface area contributed by atoms with Crippen LogP contribution in [0.2, 0.25) is 0 Å². The maximum Gasteiger partial charge on any atom is 0.401 e. The number of thiophene rings is 1. The van der Waals surface area contributed by atoms with E-state index in [0.717, 1.165) is 83.2 Å². The van der Waals surface area contributed by atoms with E-state index < -0.39 is 11.9 Å². The molecule has 0 aliphatic heterocycles. The predicted octanol–water partition coefficient (Wildman–Crippen LogP) is 18.9. The van der Waals surface area contributed by atoms with E-state index in [0.29, 0.717) is 33.0 Å². The molecule has 2 radical (unpaired) electrons. The van der Waals surface area contributed by atoms with Crippen molar-refractivity contribution >= 4 is 55.0 Å². The van der Waals surface area contributed by atoms with Gasteiger partial charge in [-0.05, 0) is 150 Å². The number of oxazole rings is 2. The summed E-state index contributed by atoms with van der Waals surface area (Å²) in [5, 5.41) is 23.5. The number of alkyl halides is 3. The number of fused-ring (bicyclic) bond motifs is 3. The number of aromatic nitrogens is 11. The minimum atomic E-state index is -4.46. The minimum absolute atomic E-state index is 0. The Bertz CT molecular complexity index is 4040. The molecule has 11 aromatic rings. The van der Waals surface area contributed by atoms with Gasteiger partial charge in [0, 0.05) is 137 Å². The first-order chi connectivity index (χ1) is 42.6. The van der Waals surface area contributed by atoms with E-state index in [9.17, 15) is 13.2 Å². The molecule has 0 saturated heterocycles. The first-order valence-corrected chi connectivity index (χ1v) is 33.2. The predicted molar refractivity (Wildman–Crippen MR) is 340 cm³/mol. The van der Waals surface area contributed by atoms with Crippen LogP contribution in [0, 0.1) is 45.4 Å². The zero-order valence-corrected chi connectivity index (χ0v) is 61.4. The summed E-state index contributed by atoms with van der Waals surface area (Å²) in [6.07, 6.45) is 36.4. The quantitative estimate of drug-likeness (QED) is 0.0816. The average molecular weight is 1780 g/mol. The summed E-state index contributed by atoms with van der Waals surface area (Å²) in [6, 6.07) is 30.6. The van der Waals surface area contributed by atoms with Crippen LogP contribution in [-0.4, -0.2) is 53.5 Å². The molecule has 0 N–H and O–H groups in total. The molecule has 22 heteroatoms. The molecule has 3 aromatic carbocycles. The van der Waals surface area contributed by atoms with Crippen LogP contribution in [0.4, 0.5) is 13.2 Å². The van der Waals surface area contributed by atoms with Crippen molar-refractivity contribution in [3.8, 4) is 22.2 Å². The second-order valence-corrected chi connectivity index (χ2v) is 27.8. The molecule has 8 aromatic heterocycles. The van der Waals surface area contributed by atoms with Crippen molar-refractivity contribution in [1.82, 2.24) is 53.5 Å². The van der Waals surface area contributed by atoms with Gasteiger partial charge in [-0.15, -0.1) is 34.4 Å². The molecule has 0 bridgehead atoms. The smallest absolute Gasteiger partial charge is 0.401 e. The summed E-state index contributed by atoms with van der Waals surface area (Å²) < 4.78 is 60.7. The van der Waals surface area contributed by atoms with Crippen molar-refractivity contribution in [3.63, 3.8) is 0 Å². The van der Waals surface area contributed by atoms with Crippen molar-refractivity contribution < 1.29 is 99.1 Å². The molecule has 500 valence electrons. The SMILES string of the molecule is CC(c1ccc2c(-n3ncc4ccccc43)[c-]sc2c1)C1(C)CCCC1.CC1(Cc2ccnn2-c2[c-]c(C(F)(F)F)ns2)CCCC1.CC1(Cc2nc3c[c-]c(-n4cccn4)cc3o2)CCCCC1.CCC1(Cc2ccnn2-c2[c-]ocn2)CCCCC1.[Ir].[Ni].[Pt].[Rh]. The van der Waals surface area contributed by atoms with Crippen LogP contribution in [-0.2, 0) is 103 Å². The van der Waals surface area contributed by atoms with Crippen LogP contribution in [0.15, 0.2) is 119 Å². The fourth-order valence-corrected chi connectivity index (χ4v) is 15.8. The molecule has 15 rings (SSSR count). The Morgan fingerprint density at radius 3 is 2.05 bits per heavy atom. The van der Waals surface area contributed by atoms with Crippen molar-refractivity contribution in [2.24, 2.45) is 21.7 Å². The van der Waals surface area contributed by atoms with Gasteiger partial charge in [-0.25, -0.2) is 9.06 Å². The van der Waals surface area contributed by atoms with Crippen LogP contribution < -0.4 is 0 Å². The van der Waals surface area contributed by atoms with E-state index in [1.54, 1.807) is 28.4 Å². The molecule has 1 unspecified atom stereocenters. The largest absolute Gasteiger partial charge is 0.630 e. The topological polar surface area (TPSA) is 136 Å². The fraction of sp³-hybridized carbons (Fsp3) is 0.471. The maximum atomic E-state index is 12.6. The maximum absolute atomic E-state index is 12.6. The van der Waals surface area contributed by atoms with Gasteiger partial charge < -0.3 is 19.9 Å². The van der Waals surface area contributed by atoms with Gasteiger partial charge in [-0.3, -0.25) is 30.4 Å². The summed E-state index contributed by atoms with van der Waals surface area (Å²) >= 11 is 2.49. The monoisotopic (exact) mass is 1770 g/mol. The second kappa shape index (κ2) is 31.9. The molecule has 0 spiro atoms. The molecular formula is C70H78F3IrN11NiO2PtRhS2-4. The van der Waals surface area contributed by atoms with Gasteiger partial charge in [0.15, 0.2) is 5.89 Å². The number of hydrogen-bond donors (Lipinski definition) is 0. The molecule has 0 amide bonds. The summed E-state index contributed by atoms with van der Waals surface area (Å²) in [6.45, 7) is 11.8. The number of benzene rings is 3. The van der Waals surface area contributed by atoms with Crippen LogP contribution in [0.25, 0.3) is 54.3 Å². The average Bonchev–Trinajstić information content (AvgIpc) is 1.73. The molecule has 4 saturated carbocycles. The Hall–Kier alpha value is -4.73. The first kappa shape index (κ1) is 73.1. The van der Waals surface area contributed by atoms with Crippen molar-refractivity contribution in [1.29, 1.82) is 0 Å². The van der Waals surface area contributed by atoms with Crippen LogP contribution >= 0.6 is 22.9 Å². The van der Waals surface area contributed by atoms with Gasteiger partial charge in [-0.1, -0.05) is 152 Å². The third kappa shape index (κ3) is 16.9. The van der Waals surface area contributed by atoms with Crippen LogP contribution in [0.1, 0.15) is 191 Å². The van der Waals surface area contributed by atoms with Gasteiger partial charge in [0.25, 0.3) is 0 Å². The van der Waals surface area contributed by atoms with Crippen LogP contribution in [0.5, 0.6) is 0 Å². The first-order valence-electron chi connectivity index (χ1n) is 31.6. The Morgan fingerprint density at radius 1 is 0.728 bits per heavy atom. The normalized spacial score (nSPS) is 17.3. The van der Waals surface area contributed by atoms with E-state index in [4.69, 9.17) is 8.83 Å². The van der Waals surface area contributed by atoms with E-state index in [2.05, 4.69) is 142 Å². The van der Waals surface area contributed by atoms with E-state index in [1.807, 2.05) is 52.2 Å². The molecule has 4 aliphatic rings. The molecule has 8 heterocycles. The Balaban J connectivity index is 0.000000157. The number of para-hydroxylation sites is 1. The van der Waals surface area contributed by atoms with Gasteiger partial charge in [0.1, 0.15) is 0 Å².